The third-order valence-electron chi connectivity index (χ3n) is 7.17. The quantitative estimate of drug-likeness (QED) is 0.469. The molecule has 1 fully saturated rings. The van der Waals surface area contributed by atoms with Crippen LogP contribution in [0.15, 0.2) is 47.3 Å². The number of rotatable bonds is 4. The maximum atomic E-state index is 13.5. The van der Waals surface area contributed by atoms with Gasteiger partial charge < -0.3 is 9.88 Å². The number of hydrogen-bond donors (Lipinski definition) is 1. The number of benzene rings is 2. The summed E-state index contributed by atoms with van der Waals surface area (Å²) in [6.45, 7) is 15.9. The Morgan fingerprint density at radius 1 is 0.944 bits per heavy atom. The zero-order chi connectivity index (χ0) is 25.6. The van der Waals surface area contributed by atoms with Crippen LogP contribution in [0.1, 0.15) is 54.9 Å². The summed E-state index contributed by atoms with van der Waals surface area (Å²) in [5, 5.41) is 13.8. The summed E-state index contributed by atoms with van der Waals surface area (Å²) in [6, 6.07) is 14.4. The van der Waals surface area contributed by atoms with Crippen LogP contribution in [0.5, 0.6) is 0 Å². The third kappa shape index (κ3) is 4.41. The van der Waals surface area contributed by atoms with Crippen LogP contribution in [0.2, 0.25) is 0 Å². The van der Waals surface area contributed by atoms with Gasteiger partial charge in [-0.3, -0.25) is 9.69 Å². The zero-order valence-electron chi connectivity index (χ0n) is 22.0. The number of fused-ring (bicyclic) bond motifs is 1. The van der Waals surface area contributed by atoms with Crippen molar-refractivity contribution in [2.24, 2.45) is 0 Å². The van der Waals surface area contributed by atoms with Gasteiger partial charge in [-0.2, -0.15) is 0 Å². The summed E-state index contributed by atoms with van der Waals surface area (Å²) in [7, 11) is 0. The van der Waals surface area contributed by atoms with E-state index in [1.165, 1.54) is 16.8 Å². The average molecular weight is 486 g/mol. The molecule has 2 aromatic carbocycles. The van der Waals surface area contributed by atoms with Gasteiger partial charge in [0.25, 0.3) is 5.56 Å². The van der Waals surface area contributed by atoms with Gasteiger partial charge in [-0.1, -0.05) is 30.3 Å². The van der Waals surface area contributed by atoms with Crippen molar-refractivity contribution in [3.8, 4) is 0 Å². The number of aryl methyl sites for hydroxylation is 3. The minimum absolute atomic E-state index is 0.0952. The molecule has 8 nitrogen and oxygen atoms in total. The summed E-state index contributed by atoms with van der Waals surface area (Å²) in [4.78, 5) is 21.5. The monoisotopic (exact) mass is 485 g/mol. The Morgan fingerprint density at radius 2 is 1.69 bits per heavy atom. The molecule has 36 heavy (non-hydrogen) atoms. The highest BCUT2D eigenvalue weighted by atomic mass is 16.1. The van der Waals surface area contributed by atoms with Gasteiger partial charge in [-0.25, -0.2) is 4.68 Å². The Hall–Kier alpha value is -3.52. The number of anilines is 1. The van der Waals surface area contributed by atoms with Gasteiger partial charge in [-0.05, 0) is 86.2 Å². The van der Waals surface area contributed by atoms with E-state index in [4.69, 9.17) is 0 Å². The first kappa shape index (κ1) is 24.2. The van der Waals surface area contributed by atoms with Crippen LogP contribution in [0, 0.1) is 20.8 Å². The minimum Gasteiger partial charge on any atom is -0.369 e. The molecule has 1 aliphatic rings. The molecule has 2 aromatic heterocycles. The number of pyridine rings is 1. The average Bonchev–Trinajstić information content (AvgIpc) is 3.33. The molecule has 1 aliphatic heterocycles. The van der Waals surface area contributed by atoms with Crippen LogP contribution in [-0.4, -0.2) is 56.3 Å². The van der Waals surface area contributed by atoms with Gasteiger partial charge in [0.1, 0.15) is 6.04 Å². The lowest BCUT2D eigenvalue weighted by atomic mass is 10.00. The number of hydrogen-bond acceptors (Lipinski definition) is 6. The predicted octanol–water partition coefficient (Wildman–Crippen LogP) is 4.11. The zero-order valence-corrected chi connectivity index (χ0v) is 22.0. The molecule has 188 valence electrons. The van der Waals surface area contributed by atoms with Crippen molar-refractivity contribution in [2.75, 3.05) is 31.1 Å². The fourth-order valence-corrected chi connectivity index (χ4v) is 5.23. The van der Waals surface area contributed by atoms with Gasteiger partial charge in [0.15, 0.2) is 5.82 Å². The number of nitrogens with one attached hydrogen (secondary N) is 1. The van der Waals surface area contributed by atoms with Crippen LogP contribution < -0.4 is 10.5 Å². The first-order valence-corrected chi connectivity index (χ1v) is 12.6. The number of aromatic nitrogens is 5. The highest BCUT2D eigenvalue weighted by Gasteiger charge is 2.35. The lowest BCUT2D eigenvalue weighted by molar-refractivity contribution is 0.190. The highest BCUT2D eigenvalue weighted by molar-refractivity contribution is 5.82. The smallest absolute Gasteiger partial charge is 0.253 e. The Balaban J connectivity index is 1.56. The van der Waals surface area contributed by atoms with Crippen molar-refractivity contribution in [2.45, 2.75) is 53.1 Å². The Morgan fingerprint density at radius 3 is 2.42 bits per heavy atom. The second kappa shape index (κ2) is 9.17. The van der Waals surface area contributed by atoms with E-state index in [0.717, 1.165) is 42.6 Å². The molecule has 1 N–H and O–H groups in total. The summed E-state index contributed by atoms with van der Waals surface area (Å²) in [6.07, 6.45) is 0. The van der Waals surface area contributed by atoms with Gasteiger partial charge in [-0.15, -0.1) is 5.10 Å². The Kier molecular flexibility index (Phi) is 6.16. The molecule has 0 bridgehead atoms. The molecule has 4 aromatic rings. The predicted molar refractivity (Wildman–Crippen MR) is 144 cm³/mol. The van der Waals surface area contributed by atoms with E-state index in [-0.39, 0.29) is 17.1 Å². The van der Waals surface area contributed by atoms with Crippen molar-refractivity contribution >= 4 is 16.6 Å². The van der Waals surface area contributed by atoms with Gasteiger partial charge in [0, 0.05) is 37.4 Å². The Labute approximate surface area is 211 Å². The molecular weight excluding hydrogens is 450 g/mol. The maximum absolute atomic E-state index is 13.5. The van der Waals surface area contributed by atoms with Crippen molar-refractivity contribution < 1.29 is 0 Å². The first-order chi connectivity index (χ1) is 17.1. The minimum atomic E-state index is -0.353. The molecule has 5 rings (SSSR count). The van der Waals surface area contributed by atoms with Gasteiger partial charge >= 0.3 is 0 Å². The molecule has 0 amide bonds. The van der Waals surface area contributed by atoms with Crippen molar-refractivity contribution in [3.63, 3.8) is 0 Å². The second-order valence-electron chi connectivity index (χ2n) is 10.9. The van der Waals surface area contributed by atoms with E-state index < -0.39 is 0 Å². The fraction of sp³-hybridized carbons (Fsp3) is 0.429. The lowest BCUT2D eigenvalue weighted by Crippen LogP contribution is -2.49. The van der Waals surface area contributed by atoms with Crippen LogP contribution in [-0.2, 0) is 5.54 Å². The molecule has 1 unspecified atom stereocenters. The SMILES string of the molecule is Cc1ccc(C)c(N2CCN(C(c3cc4cccc(C)c4[nH]c3=O)c3nnnn3C(C)(C)C)CC2)c1. The number of nitrogens with zero attached hydrogens (tertiary/aromatic N) is 6. The molecule has 0 aliphatic carbocycles. The van der Waals surface area contributed by atoms with Crippen molar-refractivity contribution in [3.05, 3.63) is 80.9 Å². The third-order valence-corrected chi connectivity index (χ3v) is 7.17. The van der Waals surface area contributed by atoms with Gasteiger partial charge in [0.2, 0.25) is 0 Å². The number of tetrazole rings is 1. The van der Waals surface area contributed by atoms with Crippen molar-refractivity contribution in [1.29, 1.82) is 0 Å². The molecule has 1 atom stereocenters. The van der Waals surface area contributed by atoms with E-state index in [0.29, 0.717) is 11.4 Å². The Bertz CT molecular complexity index is 1460. The van der Waals surface area contributed by atoms with Gasteiger partial charge in [0.05, 0.1) is 11.1 Å². The fourth-order valence-electron chi connectivity index (χ4n) is 5.23. The largest absolute Gasteiger partial charge is 0.369 e. The molecule has 3 heterocycles. The molecule has 0 spiro atoms. The first-order valence-electron chi connectivity index (χ1n) is 12.6. The van der Waals surface area contributed by atoms with Crippen LogP contribution in [0.4, 0.5) is 5.69 Å². The number of aromatic amines is 1. The molecule has 0 saturated carbocycles. The van der Waals surface area contributed by atoms with Crippen LogP contribution >= 0.6 is 0 Å². The number of piperazine rings is 1. The summed E-state index contributed by atoms with van der Waals surface area (Å²) in [5.41, 5.74) is 6.01. The molecule has 8 heteroatoms. The van der Waals surface area contributed by atoms with Crippen LogP contribution in [0.3, 0.4) is 0 Å². The number of para-hydroxylation sites is 1. The van der Waals surface area contributed by atoms with E-state index >= 15 is 0 Å². The molecule has 1 saturated heterocycles. The topological polar surface area (TPSA) is 82.9 Å². The normalized spacial score (nSPS) is 16.0. The van der Waals surface area contributed by atoms with E-state index in [2.05, 4.69) is 83.1 Å². The second-order valence-corrected chi connectivity index (χ2v) is 10.9. The van der Waals surface area contributed by atoms with Crippen LogP contribution in [0.25, 0.3) is 10.9 Å². The highest BCUT2D eigenvalue weighted by Crippen LogP contribution is 2.32. The van der Waals surface area contributed by atoms with E-state index in [1.54, 1.807) is 0 Å². The van der Waals surface area contributed by atoms with E-state index in [1.807, 2.05) is 35.9 Å². The lowest BCUT2D eigenvalue weighted by Gasteiger charge is -2.40. The number of H-pyrrole nitrogens is 1. The molecule has 0 radical (unpaired) electrons. The summed E-state index contributed by atoms with van der Waals surface area (Å²) >= 11 is 0. The molecular formula is C28H35N7O. The standard InChI is InChI=1S/C28H35N7O/c1-18-10-11-19(2)23(16-18)33-12-14-34(15-13-33)25(26-30-31-32-35(26)28(4,5)6)22-17-21-9-7-8-20(3)24(21)29-27(22)36/h7-11,16-17,25H,12-15H2,1-6H3,(H,29,36). The van der Waals surface area contributed by atoms with Crippen molar-refractivity contribution in [1.82, 2.24) is 30.1 Å². The van der Waals surface area contributed by atoms with E-state index in [9.17, 15) is 4.79 Å². The summed E-state index contributed by atoms with van der Waals surface area (Å²) < 4.78 is 1.86. The summed E-state index contributed by atoms with van der Waals surface area (Å²) in [5.74, 6) is 0.695. The maximum Gasteiger partial charge on any atom is 0.253 e.